The molecule has 0 heterocycles. The van der Waals surface area contributed by atoms with E-state index in [-0.39, 0.29) is 5.41 Å². The summed E-state index contributed by atoms with van der Waals surface area (Å²) in [6, 6.07) is 2.99. The van der Waals surface area contributed by atoms with Gasteiger partial charge in [-0.1, -0.05) is 110 Å². The lowest BCUT2D eigenvalue weighted by atomic mass is 9.52. The van der Waals surface area contributed by atoms with Crippen LogP contribution >= 0.6 is 0 Å². The van der Waals surface area contributed by atoms with Crippen LogP contribution in [0.2, 0.25) is 0 Å². The van der Waals surface area contributed by atoms with Crippen LogP contribution in [0.5, 0.6) is 0 Å². The number of hydrogen-bond donors (Lipinski definition) is 0. The van der Waals surface area contributed by atoms with Crippen molar-refractivity contribution in [3.05, 3.63) is 0 Å². The van der Waals surface area contributed by atoms with Crippen molar-refractivity contribution in [2.45, 2.75) is 168 Å². The molecule has 0 aromatic rings. The van der Waals surface area contributed by atoms with Crippen molar-refractivity contribution in [1.82, 2.24) is 0 Å². The maximum atomic E-state index is 10.5. The zero-order valence-corrected chi connectivity index (χ0v) is 22.6. The molecule has 0 unspecified atom stereocenters. The summed E-state index contributed by atoms with van der Waals surface area (Å²) in [6.07, 6.45) is 33.7. The zero-order chi connectivity index (χ0) is 23.4. The lowest BCUT2D eigenvalue weighted by Gasteiger charge is -2.52. The first kappa shape index (κ1) is 27.1. The summed E-state index contributed by atoms with van der Waals surface area (Å²) in [5.74, 6) is 2.62. The van der Waals surface area contributed by atoms with Gasteiger partial charge in [0.25, 0.3) is 0 Å². The lowest BCUT2D eigenvalue weighted by molar-refractivity contribution is -0.00807. The Kier molecular flexibility index (Phi) is 11.6. The number of rotatable bonds is 13. The average molecular weight is 456 g/mol. The summed E-state index contributed by atoms with van der Waals surface area (Å²) in [6.45, 7) is 4.64. The van der Waals surface area contributed by atoms with Gasteiger partial charge in [0.15, 0.2) is 0 Å². The molecule has 0 radical (unpaired) electrons. The number of hydrogen-bond acceptors (Lipinski definition) is 1. The maximum Gasteiger partial charge on any atom is 0.0692 e. The Labute approximate surface area is 207 Å². The summed E-state index contributed by atoms with van der Waals surface area (Å²) < 4.78 is 0. The first-order valence-electron chi connectivity index (χ1n) is 15.6. The fraction of sp³-hybridized carbons (Fsp3) is 0.969. The molecule has 3 aliphatic rings. The van der Waals surface area contributed by atoms with Crippen molar-refractivity contribution < 1.29 is 0 Å². The minimum absolute atomic E-state index is 0.0214. The van der Waals surface area contributed by atoms with Gasteiger partial charge in [-0.2, -0.15) is 5.26 Å². The molecule has 0 aliphatic heterocycles. The van der Waals surface area contributed by atoms with Crippen molar-refractivity contribution in [2.24, 2.45) is 28.6 Å². The van der Waals surface area contributed by atoms with Crippen molar-refractivity contribution in [1.29, 1.82) is 5.26 Å². The Morgan fingerprint density at radius 1 is 0.636 bits per heavy atom. The molecule has 0 aromatic carbocycles. The molecule has 0 amide bonds. The summed E-state index contributed by atoms with van der Waals surface area (Å²) in [5, 5.41) is 10.5. The van der Waals surface area contributed by atoms with Crippen LogP contribution in [-0.4, -0.2) is 0 Å². The second kappa shape index (κ2) is 14.1. The third-order valence-electron chi connectivity index (χ3n) is 10.7. The van der Waals surface area contributed by atoms with Gasteiger partial charge in [0.05, 0.1) is 11.5 Å². The van der Waals surface area contributed by atoms with Crippen LogP contribution in [0, 0.1) is 39.9 Å². The quantitative estimate of drug-likeness (QED) is 0.253. The monoisotopic (exact) mass is 455 g/mol. The number of nitrogens with zero attached hydrogens (tertiary/aromatic N) is 1. The smallest absolute Gasteiger partial charge is 0.0692 e. The van der Waals surface area contributed by atoms with Crippen molar-refractivity contribution in [2.75, 3.05) is 0 Å². The highest BCUT2D eigenvalue weighted by molar-refractivity contribution is 5.09. The van der Waals surface area contributed by atoms with Gasteiger partial charge in [0.1, 0.15) is 0 Å². The summed E-state index contributed by atoms with van der Waals surface area (Å²) in [5.41, 5.74) is 0.608. The molecule has 0 atom stereocenters. The van der Waals surface area contributed by atoms with E-state index >= 15 is 0 Å². The van der Waals surface area contributed by atoms with Crippen LogP contribution in [0.15, 0.2) is 0 Å². The topological polar surface area (TPSA) is 23.8 Å². The van der Waals surface area contributed by atoms with Gasteiger partial charge in [-0.05, 0) is 81.0 Å². The predicted octanol–water partition coefficient (Wildman–Crippen LogP) is 10.8. The molecule has 3 aliphatic carbocycles. The highest BCUT2D eigenvalue weighted by Crippen LogP contribution is 2.59. The van der Waals surface area contributed by atoms with Gasteiger partial charge in [0, 0.05) is 0 Å². The normalized spacial score (nSPS) is 33.6. The summed E-state index contributed by atoms with van der Waals surface area (Å²) in [7, 11) is 0. The van der Waals surface area contributed by atoms with E-state index < -0.39 is 0 Å². The maximum absolute atomic E-state index is 10.5. The Hall–Kier alpha value is -0.510. The van der Waals surface area contributed by atoms with E-state index in [0.717, 1.165) is 11.8 Å². The van der Waals surface area contributed by atoms with Crippen LogP contribution in [0.4, 0.5) is 0 Å². The minimum atomic E-state index is 0.0214. The lowest BCUT2D eigenvalue weighted by Crippen LogP contribution is -2.43. The largest absolute Gasteiger partial charge is 0.198 e. The van der Waals surface area contributed by atoms with Crippen molar-refractivity contribution in [3.63, 3.8) is 0 Å². The molecule has 0 saturated heterocycles. The Morgan fingerprint density at radius 3 is 1.85 bits per heavy atom. The average Bonchev–Trinajstić information content (AvgIpc) is 2.88. The molecule has 33 heavy (non-hydrogen) atoms. The first-order chi connectivity index (χ1) is 16.2. The molecule has 0 aromatic heterocycles. The fourth-order valence-electron chi connectivity index (χ4n) is 8.33. The fourth-order valence-corrected chi connectivity index (χ4v) is 8.33. The van der Waals surface area contributed by atoms with Crippen LogP contribution in [0.1, 0.15) is 168 Å². The van der Waals surface area contributed by atoms with Crippen LogP contribution < -0.4 is 0 Å². The third-order valence-corrected chi connectivity index (χ3v) is 10.7. The van der Waals surface area contributed by atoms with Gasteiger partial charge in [-0.15, -0.1) is 0 Å². The molecule has 190 valence electrons. The van der Waals surface area contributed by atoms with Crippen molar-refractivity contribution in [3.8, 4) is 6.07 Å². The molecule has 0 N–H and O–H groups in total. The van der Waals surface area contributed by atoms with E-state index in [1.165, 1.54) is 154 Å². The Morgan fingerprint density at radius 2 is 1.24 bits per heavy atom. The predicted molar refractivity (Wildman–Crippen MR) is 143 cm³/mol. The number of nitriles is 1. The van der Waals surface area contributed by atoms with Gasteiger partial charge in [0.2, 0.25) is 0 Å². The van der Waals surface area contributed by atoms with Crippen LogP contribution in [0.3, 0.4) is 0 Å². The van der Waals surface area contributed by atoms with Crippen LogP contribution in [-0.2, 0) is 0 Å². The Bertz CT molecular complexity index is 550. The van der Waals surface area contributed by atoms with E-state index in [2.05, 4.69) is 19.9 Å². The SMILES string of the molecule is CCCCCCCC1(C2CCCCC2)CCC(C#N)(C2CCC(CCCCCC)CC2)CC1. The van der Waals surface area contributed by atoms with Crippen molar-refractivity contribution >= 4 is 0 Å². The standard InChI is InChI=1S/C32H57N/c1-3-5-7-9-14-22-31(29-16-12-10-13-17-29)23-25-32(27-33,26-24-31)30-20-18-28(19-21-30)15-11-8-6-4-2/h28-30H,3-26H2,1-2H3. The van der Waals surface area contributed by atoms with E-state index in [1.54, 1.807) is 0 Å². The third kappa shape index (κ3) is 7.48. The van der Waals surface area contributed by atoms with E-state index in [1.807, 2.05) is 0 Å². The number of unbranched alkanes of at least 4 members (excludes halogenated alkanes) is 7. The van der Waals surface area contributed by atoms with E-state index in [0.29, 0.717) is 11.3 Å². The van der Waals surface area contributed by atoms with Gasteiger partial charge >= 0.3 is 0 Å². The van der Waals surface area contributed by atoms with Crippen LogP contribution in [0.25, 0.3) is 0 Å². The summed E-state index contributed by atoms with van der Waals surface area (Å²) >= 11 is 0. The molecular weight excluding hydrogens is 398 g/mol. The molecule has 3 rings (SSSR count). The Balaban J connectivity index is 1.54. The van der Waals surface area contributed by atoms with E-state index in [4.69, 9.17) is 0 Å². The molecular formula is C32H57N. The molecule has 1 nitrogen and oxygen atoms in total. The minimum Gasteiger partial charge on any atom is -0.198 e. The highest BCUT2D eigenvalue weighted by atomic mass is 14.5. The second-order valence-corrected chi connectivity index (χ2v) is 12.7. The summed E-state index contributed by atoms with van der Waals surface area (Å²) in [4.78, 5) is 0. The highest BCUT2D eigenvalue weighted by Gasteiger charge is 2.49. The zero-order valence-electron chi connectivity index (χ0n) is 22.6. The molecule has 0 spiro atoms. The molecule has 1 heteroatoms. The second-order valence-electron chi connectivity index (χ2n) is 12.7. The van der Waals surface area contributed by atoms with E-state index in [9.17, 15) is 5.26 Å². The first-order valence-corrected chi connectivity index (χ1v) is 15.6. The molecule has 0 bridgehead atoms. The van der Waals surface area contributed by atoms with Gasteiger partial charge in [-0.25, -0.2) is 0 Å². The molecule has 3 fully saturated rings. The van der Waals surface area contributed by atoms with Gasteiger partial charge in [-0.3, -0.25) is 0 Å². The van der Waals surface area contributed by atoms with Gasteiger partial charge < -0.3 is 0 Å². The molecule has 3 saturated carbocycles.